The van der Waals surface area contributed by atoms with Crippen LogP contribution in [0.5, 0.6) is 0 Å². The fourth-order valence-corrected chi connectivity index (χ4v) is 3.55. The molecule has 3 amide bonds. The van der Waals surface area contributed by atoms with Gasteiger partial charge in [-0.1, -0.05) is 60.7 Å². The Labute approximate surface area is 202 Å². The number of hydrogen-bond acceptors (Lipinski definition) is 4. The van der Waals surface area contributed by atoms with Gasteiger partial charge in [0.05, 0.1) is 0 Å². The second-order valence-corrected chi connectivity index (χ2v) is 7.81. The highest BCUT2D eigenvalue weighted by Gasteiger charge is 2.13. The first-order valence-electron chi connectivity index (χ1n) is 10.9. The fourth-order valence-electron chi connectivity index (χ4n) is 3.55. The summed E-state index contributed by atoms with van der Waals surface area (Å²) in [5.74, 6) is -1.21. The monoisotopic (exact) mass is 465 g/mol. The summed E-state index contributed by atoms with van der Waals surface area (Å²) in [7, 11) is 0. The molecule has 0 spiro atoms. The van der Waals surface area contributed by atoms with Gasteiger partial charge in [0, 0.05) is 28.9 Å². The van der Waals surface area contributed by atoms with Crippen LogP contribution in [0.3, 0.4) is 0 Å². The number of hydrogen-bond donors (Lipinski definition) is 4. The van der Waals surface area contributed by atoms with Gasteiger partial charge in [0.15, 0.2) is 0 Å². The third-order valence-corrected chi connectivity index (χ3v) is 5.37. The number of amides is 3. The smallest absolute Gasteiger partial charge is 0.274 e. The van der Waals surface area contributed by atoms with Crippen molar-refractivity contribution in [3.05, 3.63) is 125 Å². The van der Waals surface area contributed by atoms with Crippen molar-refractivity contribution < 1.29 is 19.6 Å². The normalized spacial score (nSPS) is 10.3. The molecule has 35 heavy (non-hydrogen) atoms. The van der Waals surface area contributed by atoms with Crippen molar-refractivity contribution in [1.29, 1.82) is 0 Å². The van der Waals surface area contributed by atoms with E-state index < -0.39 is 5.91 Å². The first-order valence-corrected chi connectivity index (χ1v) is 10.9. The average Bonchev–Trinajstić information content (AvgIpc) is 2.92. The number of benzene rings is 4. The van der Waals surface area contributed by atoms with E-state index in [4.69, 9.17) is 5.21 Å². The van der Waals surface area contributed by atoms with E-state index in [1.165, 1.54) is 0 Å². The number of hydroxylamine groups is 1. The van der Waals surface area contributed by atoms with Gasteiger partial charge >= 0.3 is 0 Å². The molecule has 0 aliphatic carbocycles. The van der Waals surface area contributed by atoms with Crippen LogP contribution < -0.4 is 16.1 Å². The van der Waals surface area contributed by atoms with E-state index in [9.17, 15) is 14.4 Å². The largest absolute Gasteiger partial charge is 0.348 e. The van der Waals surface area contributed by atoms with E-state index in [0.29, 0.717) is 28.9 Å². The van der Waals surface area contributed by atoms with Crippen LogP contribution in [-0.2, 0) is 6.54 Å². The molecule has 0 atom stereocenters. The van der Waals surface area contributed by atoms with Crippen molar-refractivity contribution >= 4 is 23.4 Å². The molecule has 4 rings (SSSR count). The molecule has 0 aromatic heterocycles. The van der Waals surface area contributed by atoms with Crippen molar-refractivity contribution in [2.45, 2.75) is 6.54 Å². The number of rotatable bonds is 7. The lowest BCUT2D eigenvalue weighted by Gasteiger charge is -2.12. The van der Waals surface area contributed by atoms with E-state index in [0.717, 1.165) is 11.1 Å². The molecule has 4 aromatic rings. The minimum absolute atomic E-state index is 0.283. The highest BCUT2D eigenvalue weighted by molar-refractivity contribution is 6.05. The summed E-state index contributed by atoms with van der Waals surface area (Å²) in [5, 5.41) is 14.6. The molecule has 7 nitrogen and oxygen atoms in total. The molecule has 0 heterocycles. The molecule has 0 aliphatic rings. The lowest BCUT2D eigenvalue weighted by atomic mass is 10.00. The van der Waals surface area contributed by atoms with Crippen LogP contribution in [0.25, 0.3) is 11.1 Å². The van der Waals surface area contributed by atoms with E-state index in [-0.39, 0.29) is 17.4 Å². The first-order chi connectivity index (χ1) is 17.0. The van der Waals surface area contributed by atoms with Gasteiger partial charge in [0.25, 0.3) is 17.7 Å². The predicted octanol–water partition coefficient (Wildman–Crippen LogP) is 4.65. The maximum Gasteiger partial charge on any atom is 0.274 e. The van der Waals surface area contributed by atoms with Crippen LogP contribution in [0.15, 0.2) is 103 Å². The van der Waals surface area contributed by atoms with Gasteiger partial charge in [0.1, 0.15) is 0 Å². The Bertz CT molecular complexity index is 1340. The lowest BCUT2D eigenvalue weighted by molar-refractivity contribution is 0.0706. The maximum absolute atomic E-state index is 13.0. The topological polar surface area (TPSA) is 108 Å². The minimum atomic E-state index is -0.624. The summed E-state index contributed by atoms with van der Waals surface area (Å²) >= 11 is 0. The number of carbonyl (C=O) groups is 3. The molecule has 0 bridgehead atoms. The zero-order valence-corrected chi connectivity index (χ0v) is 18.7. The second-order valence-electron chi connectivity index (χ2n) is 7.81. The van der Waals surface area contributed by atoms with Crippen LogP contribution in [0, 0.1) is 0 Å². The van der Waals surface area contributed by atoms with Crippen molar-refractivity contribution in [2.24, 2.45) is 0 Å². The molecule has 0 saturated heterocycles. The molecule has 0 saturated carbocycles. The zero-order chi connectivity index (χ0) is 24.6. The number of anilines is 1. The van der Waals surface area contributed by atoms with Gasteiger partial charge < -0.3 is 10.6 Å². The third kappa shape index (κ3) is 5.98. The number of carbonyl (C=O) groups excluding carboxylic acids is 3. The lowest BCUT2D eigenvalue weighted by Crippen LogP contribution is -2.23. The number of nitrogens with one attached hydrogen (secondary N) is 3. The maximum atomic E-state index is 13.0. The predicted molar refractivity (Wildman–Crippen MR) is 133 cm³/mol. The molecule has 4 N–H and O–H groups in total. The fraction of sp³-hybridized carbons (Fsp3) is 0.0357. The SMILES string of the molecule is O=C(NO)c1ccc(-c2cc(NC(=O)c3ccccc3)cc(C(=O)NCc3ccccc3)c2)cc1. The highest BCUT2D eigenvalue weighted by atomic mass is 16.5. The van der Waals surface area contributed by atoms with Gasteiger partial charge in [0.2, 0.25) is 0 Å². The highest BCUT2D eigenvalue weighted by Crippen LogP contribution is 2.26. The van der Waals surface area contributed by atoms with Crippen LogP contribution in [0.2, 0.25) is 0 Å². The summed E-state index contributed by atoms with van der Waals surface area (Å²) in [6, 6.07) is 30.0. The van der Waals surface area contributed by atoms with Gasteiger partial charge in [-0.05, 0) is 59.2 Å². The molecule has 0 unspecified atom stereocenters. The van der Waals surface area contributed by atoms with Crippen molar-refractivity contribution in [3.63, 3.8) is 0 Å². The Morgan fingerprint density at radius 1 is 0.600 bits per heavy atom. The van der Waals surface area contributed by atoms with E-state index in [2.05, 4.69) is 10.6 Å². The molecular weight excluding hydrogens is 442 g/mol. The summed E-state index contributed by atoms with van der Waals surface area (Å²) in [5.41, 5.74) is 5.58. The molecule has 0 fully saturated rings. The van der Waals surface area contributed by atoms with E-state index >= 15 is 0 Å². The van der Waals surface area contributed by atoms with Crippen molar-refractivity contribution in [2.75, 3.05) is 5.32 Å². The Kier molecular flexibility index (Phi) is 7.30. The van der Waals surface area contributed by atoms with E-state index in [1.807, 2.05) is 36.4 Å². The zero-order valence-electron chi connectivity index (χ0n) is 18.7. The van der Waals surface area contributed by atoms with Gasteiger partial charge in [-0.15, -0.1) is 0 Å². The van der Waals surface area contributed by atoms with Crippen LogP contribution in [0.1, 0.15) is 36.6 Å². The molecular formula is C28H23N3O4. The average molecular weight is 466 g/mol. The Morgan fingerprint density at radius 3 is 1.89 bits per heavy atom. The van der Waals surface area contributed by atoms with Gasteiger partial charge in [-0.3, -0.25) is 19.6 Å². The van der Waals surface area contributed by atoms with Crippen LogP contribution >= 0.6 is 0 Å². The second kappa shape index (κ2) is 10.9. The Hall–Kier alpha value is -4.75. The van der Waals surface area contributed by atoms with Gasteiger partial charge in [-0.2, -0.15) is 0 Å². The third-order valence-electron chi connectivity index (χ3n) is 5.37. The van der Waals surface area contributed by atoms with Gasteiger partial charge in [-0.25, -0.2) is 5.48 Å². The quantitative estimate of drug-likeness (QED) is 0.235. The standard InChI is InChI=1S/C28H23N3O4/c32-26(29-18-19-7-3-1-4-8-19)24-15-23(20-11-13-22(14-12-20)28(34)31-35)16-25(17-24)30-27(33)21-9-5-2-6-10-21/h1-17,35H,18H2,(H,29,32)(H,30,33)(H,31,34). The Morgan fingerprint density at radius 2 is 1.23 bits per heavy atom. The molecule has 0 aliphatic heterocycles. The van der Waals surface area contributed by atoms with Crippen LogP contribution in [-0.4, -0.2) is 22.9 Å². The van der Waals surface area contributed by atoms with E-state index in [1.54, 1.807) is 72.2 Å². The van der Waals surface area contributed by atoms with Crippen molar-refractivity contribution in [3.8, 4) is 11.1 Å². The summed E-state index contributed by atoms with van der Waals surface area (Å²) in [4.78, 5) is 37.4. The van der Waals surface area contributed by atoms with Crippen LogP contribution in [0.4, 0.5) is 5.69 Å². The van der Waals surface area contributed by atoms with Crippen molar-refractivity contribution in [1.82, 2.24) is 10.8 Å². The minimum Gasteiger partial charge on any atom is -0.348 e. The molecule has 174 valence electrons. The molecule has 7 heteroatoms. The first kappa shape index (κ1) is 23.4. The summed E-state index contributed by atoms with van der Waals surface area (Å²) < 4.78 is 0. The summed E-state index contributed by atoms with van der Waals surface area (Å²) in [6.07, 6.45) is 0. The Balaban J connectivity index is 1.64. The molecule has 0 radical (unpaired) electrons. The summed E-state index contributed by atoms with van der Waals surface area (Å²) in [6.45, 7) is 0.362. The molecule has 4 aromatic carbocycles.